The predicted octanol–water partition coefficient (Wildman–Crippen LogP) is 1.86. The number of carbonyl (C=O) groups excluding carboxylic acids is 3. The van der Waals surface area contributed by atoms with E-state index in [1.165, 1.54) is 24.3 Å². The van der Waals surface area contributed by atoms with E-state index in [-0.39, 0.29) is 21.9 Å². The van der Waals surface area contributed by atoms with Gasteiger partial charge in [0.2, 0.25) is 11.8 Å². The van der Waals surface area contributed by atoms with E-state index >= 15 is 0 Å². The minimum Gasteiger partial charge on any atom is -0.478 e. The summed E-state index contributed by atoms with van der Waals surface area (Å²) in [6, 6.07) is 12.5. The number of esters is 1. The summed E-state index contributed by atoms with van der Waals surface area (Å²) in [5.41, 5.74) is 7.06. The molecule has 0 aliphatic carbocycles. The molecule has 5 rings (SSSR count). The van der Waals surface area contributed by atoms with Crippen molar-refractivity contribution in [1.29, 1.82) is 0 Å². The number of carboxylic acids is 1. The normalized spacial score (nSPS) is 24.9. The third-order valence-electron chi connectivity index (χ3n) is 5.51. The monoisotopic (exact) mass is 422 g/mol. The highest BCUT2D eigenvalue weighted by Crippen LogP contribution is 2.54. The Morgan fingerprint density at radius 1 is 1.07 bits per heavy atom. The Hall–Kier alpha value is -3.59. The van der Waals surface area contributed by atoms with Gasteiger partial charge in [0, 0.05) is 11.5 Å². The number of aromatic carboxylic acids is 1. The molecule has 0 bridgehead atoms. The Labute approximate surface area is 174 Å². The second-order valence-corrected chi connectivity index (χ2v) is 8.30. The van der Waals surface area contributed by atoms with Crippen LogP contribution in [0.15, 0.2) is 59.1 Å². The number of anilines is 1. The molecule has 30 heavy (non-hydrogen) atoms. The van der Waals surface area contributed by atoms with Gasteiger partial charge in [-0.1, -0.05) is 36.0 Å². The number of carbonyl (C=O) groups is 4. The topological polar surface area (TPSA) is 127 Å². The van der Waals surface area contributed by atoms with Gasteiger partial charge in [0.15, 0.2) is 0 Å². The first-order chi connectivity index (χ1) is 14.4. The van der Waals surface area contributed by atoms with Crippen LogP contribution in [0.25, 0.3) is 0 Å². The van der Waals surface area contributed by atoms with E-state index < -0.39 is 40.8 Å². The third-order valence-corrected chi connectivity index (χ3v) is 6.74. The number of hydrogen-bond acceptors (Lipinski definition) is 7. The molecule has 1 fully saturated rings. The SMILES string of the molecule is NC1=C2C(=O)Oc3ccccc3[C@H]2[C@H]2C(=O)N(c3cccc(C(=O)O)c3)C(=O)[C@H]2S1. The Morgan fingerprint density at radius 2 is 1.83 bits per heavy atom. The summed E-state index contributed by atoms with van der Waals surface area (Å²) in [4.78, 5) is 51.5. The van der Waals surface area contributed by atoms with Crippen LogP contribution >= 0.6 is 11.8 Å². The molecule has 9 heteroatoms. The number of para-hydroxylation sites is 1. The molecule has 2 aromatic carbocycles. The van der Waals surface area contributed by atoms with Crippen LogP contribution in [-0.2, 0) is 14.4 Å². The molecule has 0 radical (unpaired) electrons. The number of amides is 2. The predicted molar refractivity (Wildman–Crippen MR) is 107 cm³/mol. The van der Waals surface area contributed by atoms with E-state index in [4.69, 9.17) is 10.5 Å². The van der Waals surface area contributed by atoms with Gasteiger partial charge in [0.25, 0.3) is 0 Å². The third kappa shape index (κ3) is 2.48. The maximum atomic E-state index is 13.4. The number of rotatable bonds is 2. The smallest absolute Gasteiger partial charge is 0.342 e. The lowest BCUT2D eigenvalue weighted by Crippen LogP contribution is -2.39. The lowest BCUT2D eigenvalue weighted by atomic mass is 9.77. The van der Waals surface area contributed by atoms with Gasteiger partial charge in [-0.15, -0.1) is 0 Å². The molecule has 150 valence electrons. The van der Waals surface area contributed by atoms with Crippen LogP contribution in [0.4, 0.5) is 5.69 Å². The number of ether oxygens (including phenoxy) is 1. The molecule has 0 unspecified atom stereocenters. The fourth-order valence-corrected chi connectivity index (χ4v) is 5.47. The van der Waals surface area contributed by atoms with E-state index in [2.05, 4.69) is 0 Å². The van der Waals surface area contributed by atoms with Crippen molar-refractivity contribution in [1.82, 2.24) is 0 Å². The number of benzene rings is 2. The van der Waals surface area contributed by atoms with Gasteiger partial charge in [-0.25, -0.2) is 14.5 Å². The number of imide groups is 1. The van der Waals surface area contributed by atoms with Crippen LogP contribution in [0.1, 0.15) is 21.8 Å². The molecule has 0 saturated carbocycles. The van der Waals surface area contributed by atoms with E-state index in [0.717, 1.165) is 16.7 Å². The highest BCUT2D eigenvalue weighted by molar-refractivity contribution is 8.04. The molecule has 0 aromatic heterocycles. The minimum absolute atomic E-state index is 0.0412. The second-order valence-electron chi connectivity index (χ2n) is 7.11. The zero-order chi connectivity index (χ0) is 21.2. The van der Waals surface area contributed by atoms with E-state index in [0.29, 0.717) is 11.3 Å². The molecule has 1 saturated heterocycles. The fourth-order valence-electron chi connectivity index (χ4n) is 4.24. The Balaban J connectivity index is 1.64. The zero-order valence-electron chi connectivity index (χ0n) is 15.3. The fraction of sp³-hybridized carbons (Fsp3) is 0.143. The zero-order valence-corrected chi connectivity index (χ0v) is 16.1. The average molecular weight is 422 g/mol. The van der Waals surface area contributed by atoms with Crippen molar-refractivity contribution in [3.8, 4) is 5.75 Å². The van der Waals surface area contributed by atoms with Crippen LogP contribution in [0.5, 0.6) is 5.75 Å². The molecular formula is C21H14N2O6S. The number of fused-ring (bicyclic) bond motifs is 5. The maximum Gasteiger partial charge on any atom is 0.342 e. The Morgan fingerprint density at radius 3 is 2.60 bits per heavy atom. The summed E-state index contributed by atoms with van der Waals surface area (Å²) < 4.78 is 5.37. The van der Waals surface area contributed by atoms with E-state index in [1.54, 1.807) is 24.3 Å². The van der Waals surface area contributed by atoms with Gasteiger partial charge in [0.05, 0.1) is 27.8 Å². The van der Waals surface area contributed by atoms with Crippen molar-refractivity contribution in [3.05, 3.63) is 70.3 Å². The number of hydrogen-bond donors (Lipinski definition) is 2. The summed E-state index contributed by atoms with van der Waals surface area (Å²) in [7, 11) is 0. The largest absolute Gasteiger partial charge is 0.478 e. The number of nitrogens with zero attached hydrogens (tertiary/aromatic N) is 1. The first-order valence-corrected chi connectivity index (χ1v) is 9.95. The Kier molecular flexibility index (Phi) is 3.97. The van der Waals surface area contributed by atoms with Crippen molar-refractivity contribution in [2.45, 2.75) is 11.2 Å². The molecule has 3 N–H and O–H groups in total. The van der Waals surface area contributed by atoms with E-state index in [1.807, 2.05) is 0 Å². The minimum atomic E-state index is -1.17. The first-order valence-electron chi connectivity index (χ1n) is 9.07. The van der Waals surface area contributed by atoms with Crippen molar-refractivity contribution in [2.75, 3.05) is 4.90 Å². The van der Waals surface area contributed by atoms with E-state index in [9.17, 15) is 24.3 Å². The van der Waals surface area contributed by atoms with Crippen LogP contribution < -0.4 is 15.4 Å². The molecule has 2 amide bonds. The van der Waals surface area contributed by atoms with Gasteiger partial charge >= 0.3 is 11.9 Å². The van der Waals surface area contributed by atoms with Crippen molar-refractivity contribution in [2.24, 2.45) is 11.7 Å². The molecule has 0 spiro atoms. The highest BCUT2D eigenvalue weighted by Gasteiger charge is 2.58. The van der Waals surface area contributed by atoms with Gasteiger partial charge < -0.3 is 15.6 Å². The second kappa shape index (κ2) is 6.46. The average Bonchev–Trinajstić information content (AvgIpc) is 2.97. The van der Waals surface area contributed by atoms with Crippen molar-refractivity contribution >= 4 is 41.2 Å². The van der Waals surface area contributed by atoms with Crippen LogP contribution in [0.2, 0.25) is 0 Å². The maximum absolute atomic E-state index is 13.4. The molecule has 3 heterocycles. The first kappa shape index (κ1) is 18.4. The molecule has 8 nitrogen and oxygen atoms in total. The quantitative estimate of drug-likeness (QED) is 0.427. The van der Waals surface area contributed by atoms with Gasteiger partial charge in [-0.05, 0) is 24.3 Å². The van der Waals surface area contributed by atoms with Gasteiger partial charge in [-0.2, -0.15) is 0 Å². The lowest BCUT2D eigenvalue weighted by molar-refractivity contribution is -0.131. The number of nitrogens with two attached hydrogens (primary N) is 1. The number of carboxylic acid groups (broad SMARTS) is 1. The summed E-state index contributed by atoms with van der Waals surface area (Å²) in [5, 5.41) is 8.59. The summed E-state index contributed by atoms with van der Waals surface area (Å²) in [5.74, 6) is -4.02. The van der Waals surface area contributed by atoms with Crippen LogP contribution in [0.3, 0.4) is 0 Å². The van der Waals surface area contributed by atoms with Gasteiger partial charge in [-0.3, -0.25) is 9.59 Å². The van der Waals surface area contributed by atoms with Crippen molar-refractivity contribution < 1.29 is 29.0 Å². The Bertz CT molecular complexity index is 1190. The molecule has 3 atom stereocenters. The molecule has 3 aliphatic heterocycles. The molecule has 3 aliphatic rings. The summed E-state index contributed by atoms with van der Waals surface area (Å²) >= 11 is 0.970. The van der Waals surface area contributed by atoms with Gasteiger partial charge in [0.1, 0.15) is 11.0 Å². The van der Waals surface area contributed by atoms with Crippen molar-refractivity contribution in [3.63, 3.8) is 0 Å². The highest BCUT2D eigenvalue weighted by atomic mass is 32.2. The summed E-state index contributed by atoms with van der Waals surface area (Å²) in [6.07, 6.45) is 0. The molecular weight excluding hydrogens is 408 g/mol. The van der Waals surface area contributed by atoms with Crippen LogP contribution in [0, 0.1) is 5.92 Å². The lowest BCUT2D eigenvalue weighted by Gasteiger charge is -2.36. The summed E-state index contributed by atoms with van der Waals surface area (Å²) in [6.45, 7) is 0. The standard InChI is InChI=1S/C21H14N2O6S/c22-17-15-13(11-6-1-2-7-12(11)29-21(15)28)14-16(30-17)19(25)23(18(14)24)10-5-3-4-9(8-10)20(26)27/h1-8,13-14,16H,22H2,(H,26,27)/t13-,14+,16-/m0/s1. The van der Waals surface area contributed by atoms with Crippen LogP contribution in [-0.4, -0.2) is 34.1 Å². The number of thioether (sulfide) groups is 1. The molecule has 2 aromatic rings.